The first-order valence-corrected chi connectivity index (χ1v) is 9.66. The normalized spacial score (nSPS) is 12.2. The molecule has 3 aromatic carbocycles. The number of ether oxygens (including phenoxy) is 2. The zero-order valence-electron chi connectivity index (χ0n) is 17.0. The quantitative estimate of drug-likeness (QED) is 0.505. The number of halogens is 1. The summed E-state index contributed by atoms with van der Waals surface area (Å²) in [6, 6.07) is 19.7. The number of carbonyl (C=O) groups is 4. The van der Waals surface area contributed by atoms with Gasteiger partial charge in [0.05, 0.1) is 11.1 Å². The van der Waals surface area contributed by atoms with E-state index in [9.17, 15) is 28.7 Å². The molecule has 0 heterocycles. The number of carbonyl (C=O) groups excluding carboxylic acids is 3. The van der Waals surface area contributed by atoms with E-state index in [0.717, 1.165) is 12.1 Å². The highest BCUT2D eigenvalue weighted by Crippen LogP contribution is 2.16. The molecule has 9 heteroatoms. The van der Waals surface area contributed by atoms with Gasteiger partial charge >= 0.3 is 17.9 Å². The molecule has 0 unspecified atom stereocenters. The maximum absolute atomic E-state index is 13.2. The van der Waals surface area contributed by atoms with E-state index in [-0.39, 0.29) is 16.8 Å². The lowest BCUT2D eigenvalue weighted by Crippen LogP contribution is -2.48. The summed E-state index contributed by atoms with van der Waals surface area (Å²) in [7, 11) is 0. The maximum Gasteiger partial charge on any atom is 0.349 e. The summed E-state index contributed by atoms with van der Waals surface area (Å²) in [6.45, 7) is 0. The maximum atomic E-state index is 13.2. The van der Waals surface area contributed by atoms with Crippen molar-refractivity contribution in [2.45, 2.75) is 12.2 Å². The summed E-state index contributed by atoms with van der Waals surface area (Å²) in [6.07, 6.45) is -4.21. The van der Waals surface area contributed by atoms with E-state index >= 15 is 0 Å². The van der Waals surface area contributed by atoms with Gasteiger partial charge in [0, 0.05) is 5.69 Å². The molecule has 3 aromatic rings. The minimum atomic E-state index is -2.16. The molecule has 33 heavy (non-hydrogen) atoms. The molecule has 1 amide bonds. The van der Waals surface area contributed by atoms with Gasteiger partial charge in [-0.15, -0.1) is 0 Å². The smallest absolute Gasteiger partial charge is 0.349 e. The van der Waals surface area contributed by atoms with Crippen LogP contribution in [-0.2, 0) is 19.1 Å². The standard InChI is InChI=1S/C24H18FNO7/c25-17-11-13-18(14-12-17)26-21(27)19(32-23(30)15-7-3-1-4-8-15)20(22(28)29)33-24(31)16-9-5-2-6-10-16/h1-14,19-20H,(H,26,27)(H,28,29)/t19-,20-/m1/s1. The van der Waals surface area contributed by atoms with Crippen molar-refractivity contribution >= 4 is 29.5 Å². The molecule has 2 N–H and O–H groups in total. The highest BCUT2D eigenvalue weighted by molar-refractivity contribution is 6.01. The lowest BCUT2D eigenvalue weighted by atomic mass is 10.1. The summed E-state index contributed by atoms with van der Waals surface area (Å²) in [4.78, 5) is 49.8. The fraction of sp³-hybridized carbons (Fsp3) is 0.0833. The van der Waals surface area contributed by atoms with Gasteiger partial charge in [0.1, 0.15) is 5.82 Å². The fourth-order valence-corrected chi connectivity index (χ4v) is 2.76. The molecule has 0 saturated carbocycles. The molecule has 0 radical (unpaired) electrons. The second-order valence-electron chi connectivity index (χ2n) is 6.72. The van der Waals surface area contributed by atoms with E-state index in [4.69, 9.17) is 9.47 Å². The molecule has 0 aromatic heterocycles. The highest BCUT2D eigenvalue weighted by Gasteiger charge is 2.41. The van der Waals surface area contributed by atoms with Crippen molar-refractivity contribution in [3.05, 3.63) is 102 Å². The second kappa shape index (κ2) is 10.7. The molecule has 0 bridgehead atoms. The number of aliphatic carboxylic acids is 1. The van der Waals surface area contributed by atoms with Gasteiger partial charge in [-0.1, -0.05) is 36.4 Å². The molecule has 0 spiro atoms. The van der Waals surface area contributed by atoms with Crippen LogP contribution >= 0.6 is 0 Å². The Bertz CT molecular complexity index is 1130. The van der Waals surface area contributed by atoms with E-state index in [1.54, 1.807) is 36.4 Å². The average molecular weight is 451 g/mol. The molecule has 168 valence electrons. The third kappa shape index (κ3) is 6.23. The van der Waals surface area contributed by atoms with Crippen molar-refractivity contribution in [3.8, 4) is 0 Å². The Balaban J connectivity index is 1.89. The SMILES string of the molecule is O=C(O[C@@H](C(=O)O)[C@@H](OC(=O)c1ccccc1)C(=O)Nc1ccc(F)cc1)c1ccccc1. The number of carboxylic acid groups (broad SMARTS) is 1. The molecule has 0 aliphatic rings. The van der Waals surface area contributed by atoms with E-state index in [1.165, 1.54) is 36.4 Å². The number of esters is 2. The van der Waals surface area contributed by atoms with Gasteiger partial charge < -0.3 is 19.9 Å². The highest BCUT2D eigenvalue weighted by atomic mass is 19.1. The summed E-state index contributed by atoms with van der Waals surface area (Å²) >= 11 is 0. The number of benzene rings is 3. The fourth-order valence-electron chi connectivity index (χ4n) is 2.76. The first-order valence-electron chi connectivity index (χ1n) is 9.66. The predicted octanol–water partition coefficient (Wildman–Crippen LogP) is 3.30. The number of anilines is 1. The van der Waals surface area contributed by atoms with Crippen molar-refractivity contribution in [1.82, 2.24) is 0 Å². The van der Waals surface area contributed by atoms with Crippen LogP contribution in [0, 0.1) is 5.82 Å². The summed E-state index contributed by atoms with van der Waals surface area (Å²) in [5, 5.41) is 12.0. The average Bonchev–Trinajstić information content (AvgIpc) is 2.83. The molecule has 2 atom stereocenters. The lowest BCUT2D eigenvalue weighted by molar-refractivity contribution is -0.157. The van der Waals surface area contributed by atoms with Gasteiger partial charge in [0.15, 0.2) is 0 Å². The molecule has 8 nitrogen and oxygen atoms in total. The molecule has 0 fully saturated rings. The number of rotatable bonds is 8. The molecular weight excluding hydrogens is 433 g/mol. The van der Waals surface area contributed by atoms with E-state index in [1.807, 2.05) is 0 Å². The largest absolute Gasteiger partial charge is 0.478 e. The number of hydrogen-bond donors (Lipinski definition) is 2. The van der Waals surface area contributed by atoms with Gasteiger partial charge in [-0.2, -0.15) is 0 Å². The first-order chi connectivity index (χ1) is 15.8. The Morgan fingerprint density at radius 3 is 1.61 bits per heavy atom. The van der Waals surface area contributed by atoms with Crippen LogP contribution in [0.3, 0.4) is 0 Å². The Labute approximate surface area is 187 Å². The zero-order chi connectivity index (χ0) is 23.8. The summed E-state index contributed by atoms with van der Waals surface area (Å²) < 4.78 is 23.4. The predicted molar refractivity (Wildman–Crippen MR) is 114 cm³/mol. The minimum Gasteiger partial charge on any atom is -0.478 e. The van der Waals surface area contributed by atoms with Crippen LogP contribution < -0.4 is 5.32 Å². The molecular formula is C24H18FNO7. The van der Waals surface area contributed by atoms with E-state index in [2.05, 4.69) is 5.32 Å². The van der Waals surface area contributed by atoms with Crippen LogP contribution in [0.15, 0.2) is 84.9 Å². The molecule has 0 aliphatic carbocycles. The third-order valence-corrected chi connectivity index (χ3v) is 4.38. The minimum absolute atomic E-state index is 0.0378. The number of hydrogen-bond acceptors (Lipinski definition) is 6. The topological polar surface area (TPSA) is 119 Å². The number of amides is 1. The van der Waals surface area contributed by atoms with Gasteiger partial charge in [-0.05, 0) is 48.5 Å². The summed E-state index contributed by atoms with van der Waals surface area (Å²) in [5.74, 6) is -5.38. The summed E-state index contributed by atoms with van der Waals surface area (Å²) in [5.41, 5.74) is 0.201. The zero-order valence-corrected chi connectivity index (χ0v) is 17.0. The Morgan fingerprint density at radius 1 is 0.697 bits per heavy atom. The third-order valence-electron chi connectivity index (χ3n) is 4.38. The Hall–Kier alpha value is -4.53. The van der Waals surface area contributed by atoms with E-state index in [0.29, 0.717) is 0 Å². The van der Waals surface area contributed by atoms with Gasteiger partial charge in [0.2, 0.25) is 12.2 Å². The van der Waals surface area contributed by atoms with Crippen LogP contribution in [0.25, 0.3) is 0 Å². The first kappa shape index (κ1) is 23.1. The Kier molecular flexibility index (Phi) is 7.48. The van der Waals surface area contributed by atoms with Crippen molar-refractivity contribution in [2.24, 2.45) is 0 Å². The van der Waals surface area contributed by atoms with Crippen LogP contribution in [-0.4, -0.2) is 41.1 Å². The van der Waals surface area contributed by atoms with Crippen LogP contribution in [0.5, 0.6) is 0 Å². The van der Waals surface area contributed by atoms with Crippen molar-refractivity contribution < 1.29 is 38.1 Å². The van der Waals surface area contributed by atoms with Crippen LogP contribution in [0.1, 0.15) is 20.7 Å². The van der Waals surface area contributed by atoms with Gasteiger partial charge in [-0.3, -0.25) is 4.79 Å². The number of carboxylic acids is 1. The van der Waals surface area contributed by atoms with Gasteiger partial charge in [0.25, 0.3) is 5.91 Å². The Morgan fingerprint density at radius 2 is 1.15 bits per heavy atom. The lowest BCUT2D eigenvalue weighted by Gasteiger charge is -2.23. The van der Waals surface area contributed by atoms with Crippen molar-refractivity contribution in [2.75, 3.05) is 5.32 Å². The van der Waals surface area contributed by atoms with Gasteiger partial charge in [-0.25, -0.2) is 18.8 Å². The van der Waals surface area contributed by atoms with Crippen LogP contribution in [0.2, 0.25) is 0 Å². The van der Waals surface area contributed by atoms with E-state index < -0.39 is 41.8 Å². The van der Waals surface area contributed by atoms with Crippen molar-refractivity contribution in [1.29, 1.82) is 0 Å². The molecule has 3 rings (SSSR count). The number of nitrogens with one attached hydrogen (secondary N) is 1. The monoisotopic (exact) mass is 451 g/mol. The molecule has 0 saturated heterocycles. The second-order valence-corrected chi connectivity index (χ2v) is 6.72. The van der Waals surface area contributed by atoms with Crippen molar-refractivity contribution in [3.63, 3.8) is 0 Å². The van der Waals surface area contributed by atoms with Crippen LogP contribution in [0.4, 0.5) is 10.1 Å². The molecule has 0 aliphatic heterocycles.